The molecule has 62 valence electrons. The Balaban J connectivity index is 0.000000461. The first-order chi connectivity index (χ1) is 5.22. The average Bonchev–Trinajstić information content (AvgIpc) is 2.39. The lowest BCUT2D eigenvalue weighted by atomic mass is 9.80. The summed E-state index contributed by atoms with van der Waals surface area (Å²) in [6, 6.07) is 0. The first kappa shape index (κ1) is 10.7. The van der Waals surface area contributed by atoms with E-state index in [4.69, 9.17) is 10.0 Å². The Labute approximate surface area is 71.7 Å². The highest BCUT2D eigenvalue weighted by Crippen LogP contribution is 2.01. The maximum Gasteiger partial charge on any atom is 0.489 e. The maximum atomic E-state index is 8.66. The molecular weight excluding hydrogens is 159 g/mol. The van der Waals surface area contributed by atoms with E-state index in [0.29, 0.717) is 5.46 Å². The fourth-order valence-corrected chi connectivity index (χ4v) is 1.50. The van der Waals surface area contributed by atoms with Gasteiger partial charge in [0.15, 0.2) is 0 Å². The van der Waals surface area contributed by atoms with Gasteiger partial charge in [-0.2, -0.15) is 11.3 Å². The summed E-state index contributed by atoms with van der Waals surface area (Å²) in [4.78, 5) is 0. The first-order valence-electron chi connectivity index (χ1n) is 3.60. The molecule has 0 atom stereocenters. The highest BCUT2D eigenvalue weighted by Gasteiger charge is 2.13. The van der Waals surface area contributed by atoms with E-state index in [2.05, 4.69) is 0 Å². The molecule has 11 heavy (non-hydrogen) atoms. The van der Waals surface area contributed by atoms with Gasteiger partial charge in [-0.25, -0.2) is 0 Å². The molecule has 0 aliphatic heterocycles. The van der Waals surface area contributed by atoms with Crippen LogP contribution in [-0.2, 0) is 0 Å². The molecule has 4 heteroatoms. The summed E-state index contributed by atoms with van der Waals surface area (Å²) in [7, 11) is -1.31. The van der Waals surface area contributed by atoms with E-state index < -0.39 is 7.12 Å². The molecular formula is C7H13BO2S. The van der Waals surface area contributed by atoms with Crippen LogP contribution in [0.1, 0.15) is 19.4 Å². The molecule has 0 saturated heterocycles. The van der Waals surface area contributed by atoms with Crippen LogP contribution in [0.3, 0.4) is 0 Å². The van der Waals surface area contributed by atoms with Gasteiger partial charge in [-0.05, 0) is 28.7 Å². The second kappa shape index (κ2) is 5.35. The smallest absolute Gasteiger partial charge is 0.423 e. The van der Waals surface area contributed by atoms with Gasteiger partial charge in [-0.1, -0.05) is 13.8 Å². The topological polar surface area (TPSA) is 40.5 Å². The van der Waals surface area contributed by atoms with Crippen molar-refractivity contribution in [2.45, 2.75) is 20.8 Å². The zero-order valence-corrected chi connectivity index (χ0v) is 7.85. The van der Waals surface area contributed by atoms with Gasteiger partial charge in [0.1, 0.15) is 0 Å². The number of hydrogen-bond donors (Lipinski definition) is 2. The molecule has 0 unspecified atom stereocenters. The highest BCUT2D eigenvalue weighted by molar-refractivity contribution is 7.09. The Bertz CT molecular complexity index is 198. The van der Waals surface area contributed by atoms with Crippen LogP contribution >= 0.6 is 11.3 Å². The predicted molar refractivity (Wildman–Crippen MR) is 50.2 cm³/mol. The summed E-state index contributed by atoms with van der Waals surface area (Å²) in [5.74, 6) is 0. The highest BCUT2D eigenvalue weighted by atomic mass is 32.1. The molecule has 1 heterocycles. The van der Waals surface area contributed by atoms with Gasteiger partial charge in [-0.15, -0.1) is 0 Å². The van der Waals surface area contributed by atoms with Crippen molar-refractivity contribution < 1.29 is 10.0 Å². The SMILES string of the molecule is CC.Cc1cscc1B(O)O. The number of aryl methyl sites for hydroxylation is 1. The second-order valence-corrected chi connectivity index (χ2v) is 2.63. The van der Waals surface area contributed by atoms with Crippen LogP contribution in [-0.4, -0.2) is 17.2 Å². The fourth-order valence-electron chi connectivity index (χ4n) is 0.635. The Hall–Kier alpha value is -0.315. The number of hydrogen-bond acceptors (Lipinski definition) is 3. The molecule has 0 spiro atoms. The minimum atomic E-state index is -1.31. The first-order valence-corrected chi connectivity index (χ1v) is 4.55. The van der Waals surface area contributed by atoms with Gasteiger partial charge >= 0.3 is 7.12 Å². The number of rotatable bonds is 1. The third kappa shape index (κ3) is 3.05. The summed E-state index contributed by atoms with van der Waals surface area (Å²) in [5, 5.41) is 20.9. The largest absolute Gasteiger partial charge is 0.489 e. The summed E-state index contributed by atoms with van der Waals surface area (Å²) in [6.07, 6.45) is 0. The van der Waals surface area contributed by atoms with Crippen molar-refractivity contribution in [1.29, 1.82) is 0 Å². The monoisotopic (exact) mass is 172 g/mol. The van der Waals surface area contributed by atoms with Crippen molar-refractivity contribution in [3.05, 3.63) is 16.3 Å². The molecule has 1 aromatic rings. The lowest BCUT2D eigenvalue weighted by molar-refractivity contribution is 0.425. The number of thiophene rings is 1. The molecule has 0 aliphatic carbocycles. The van der Waals surface area contributed by atoms with Gasteiger partial charge in [0.05, 0.1) is 0 Å². The molecule has 0 saturated carbocycles. The van der Waals surface area contributed by atoms with E-state index in [1.807, 2.05) is 26.2 Å². The quantitative estimate of drug-likeness (QED) is 0.614. The minimum absolute atomic E-state index is 0.611. The molecule has 0 amide bonds. The van der Waals surface area contributed by atoms with Gasteiger partial charge in [0.2, 0.25) is 0 Å². The summed E-state index contributed by atoms with van der Waals surface area (Å²) in [5.41, 5.74) is 1.55. The van der Waals surface area contributed by atoms with Crippen LogP contribution < -0.4 is 5.46 Å². The van der Waals surface area contributed by atoms with E-state index in [9.17, 15) is 0 Å². The predicted octanol–water partition coefficient (Wildman–Crippen LogP) is 0.763. The van der Waals surface area contributed by atoms with E-state index in [0.717, 1.165) is 5.56 Å². The van der Waals surface area contributed by atoms with Crippen molar-refractivity contribution in [2.24, 2.45) is 0 Å². The fraction of sp³-hybridized carbons (Fsp3) is 0.429. The lowest BCUT2D eigenvalue weighted by Gasteiger charge is -1.93. The normalized spacial score (nSPS) is 8.45. The van der Waals surface area contributed by atoms with Crippen molar-refractivity contribution in [2.75, 3.05) is 0 Å². The second-order valence-electron chi connectivity index (χ2n) is 1.88. The Kier molecular flexibility index (Phi) is 5.20. The zero-order valence-electron chi connectivity index (χ0n) is 7.03. The van der Waals surface area contributed by atoms with Crippen molar-refractivity contribution in [3.63, 3.8) is 0 Å². The molecule has 0 bridgehead atoms. The van der Waals surface area contributed by atoms with E-state index in [1.165, 1.54) is 11.3 Å². The maximum absolute atomic E-state index is 8.66. The van der Waals surface area contributed by atoms with Crippen molar-refractivity contribution in [3.8, 4) is 0 Å². The Morgan fingerprint density at radius 2 is 1.82 bits per heavy atom. The van der Waals surface area contributed by atoms with Gasteiger partial charge in [-0.3, -0.25) is 0 Å². The van der Waals surface area contributed by atoms with Crippen LogP contribution in [0, 0.1) is 6.92 Å². The van der Waals surface area contributed by atoms with Crippen LogP contribution in [0.15, 0.2) is 10.8 Å². The Morgan fingerprint density at radius 1 is 1.27 bits per heavy atom. The zero-order chi connectivity index (χ0) is 8.85. The molecule has 0 aromatic carbocycles. The van der Waals surface area contributed by atoms with Gasteiger partial charge in [0.25, 0.3) is 0 Å². The lowest BCUT2D eigenvalue weighted by Crippen LogP contribution is -2.30. The standard InChI is InChI=1S/C5H7BO2S.C2H6/c1-4-2-9-3-5(4)6(7)8;1-2/h2-3,7-8H,1H3;1-2H3. The average molecular weight is 172 g/mol. The van der Waals surface area contributed by atoms with Crippen molar-refractivity contribution >= 4 is 23.9 Å². The van der Waals surface area contributed by atoms with E-state index >= 15 is 0 Å². The van der Waals surface area contributed by atoms with E-state index in [1.54, 1.807) is 5.38 Å². The third-order valence-electron chi connectivity index (χ3n) is 1.17. The molecule has 2 nitrogen and oxygen atoms in total. The molecule has 0 aliphatic rings. The molecule has 2 N–H and O–H groups in total. The summed E-state index contributed by atoms with van der Waals surface area (Å²) < 4.78 is 0. The third-order valence-corrected chi connectivity index (χ3v) is 2.05. The summed E-state index contributed by atoms with van der Waals surface area (Å²) >= 11 is 1.47. The van der Waals surface area contributed by atoms with Gasteiger partial charge in [0, 0.05) is 0 Å². The van der Waals surface area contributed by atoms with Gasteiger partial charge < -0.3 is 10.0 Å². The minimum Gasteiger partial charge on any atom is -0.423 e. The van der Waals surface area contributed by atoms with Crippen molar-refractivity contribution in [1.82, 2.24) is 0 Å². The molecule has 1 aromatic heterocycles. The summed E-state index contributed by atoms with van der Waals surface area (Å²) in [6.45, 7) is 5.85. The Morgan fingerprint density at radius 3 is 2.00 bits per heavy atom. The molecule has 0 fully saturated rings. The van der Waals surface area contributed by atoms with Crippen LogP contribution in [0.25, 0.3) is 0 Å². The van der Waals surface area contributed by atoms with E-state index in [-0.39, 0.29) is 0 Å². The van der Waals surface area contributed by atoms with Crippen LogP contribution in [0.5, 0.6) is 0 Å². The molecule has 0 radical (unpaired) electrons. The van der Waals surface area contributed by atoms with Crippen LogP contribution in [0.2, 0.25) is 0 Å². The van der Waals surface area contributed by atoms with Crippen LogP contribution in [0.4, 0.5) is 0 Å². The molecule has 1 rings (SSSR count).